The summed E-state index contributed by atoms with van der Waals surface area (Å²) >= 11 is 6.72. The lowest BCUT2D eigenvalue weighted by Gasteiger charge is -2.12. The minimum absolute atomic E-state index is 0.00523. The van der Waals surface area contributed by atoms with Crippen molar-refractivity contribution in [3.63, 3.8) is 0 Å². The molecule has 8 nitrogen and oxygen atoms in total. The molecule has 2 amide bonds. The van der Waals surface area contributed by atoms with Crippen molar-refractivity contribution in [2.24, 2.45) is 5.10 Å². The first-order valence-electron chi connectivity index (χ1n) is 8.74. The van der Waals surface area contributed by atoms with Crippen molar-refractivity contribution in [2.75, 3.05) is 26.1 Å². The molecule has 2 aromatic carbocycles. The van der Waals surface area contributed by atoms with Crippen molar-refractivity contribution in [2.45, 2.75) is 13.3 Å². The standard InChI is InChI=1S/C20H21Br2N3O5/c1-12(8-18(26)23-15-6-4-5-7-16(15)28-2)24-25-19(27)11-30-20-14(22)9-13(21)10-17(20)29-3/h4-7,9-10H,8,11H2,1-3H3,(H,23,26)(H,25,27)/b24-12-. The topological polar surface area (TPSA) is 98.2 Å². The summed E-state index contributed by atoms with van der Waals surface area (Å²) in [6, 6.07) is 10.6. The number of hydrogen-bond donors (Lipinski definition) is 2. The Kier molecular flexibility index (Phi) is 9.13. The highest BCUT2D eigenvalue weighted by Crippen LogP contribution is 2.38. The summed E-state index contributed by atoms with van der Waals surface area (Å²) in [5, 5.41) is 6.68. The number of hydrogen-bond acceptors (Lipinski definition) is 6. The second-order valence-electron chi connectivity index (χ2n) is 6.01. The number of benzene rings is 2. The van der Waals surface area contributed by atoms with Crippen molar-refractivity contribution in [1.29, 1.82) is 0 Å². The summed E-state index contributed by atoms with van der Waals surface area (Å²) in [5.41, 5.74) is 3.36. The number of carbonyl (C=O) groups is 2. The maximum Gasteiger partial charge on any atom is 0.277 e. The highest BCUT2D eigenvalue weighted by molar-refractivity contribution is 9.11. The van der Waals surface area contributed by atoms with Gasteiger partial charge in [0.25, 0.3) is 5.91 Å². The van der Waals surface area contributed by atoms with Crippen LogP contribution in [0.5, 0.6) is 17.2 Å². The van der Waals surface area contributed by atoms with Gasteiger partial charge in [0.1, 0.15) is 5.75 Å². The molecule has 2 aromatic rings. The van der Waals surface area contributed by atoms with E-state index in [-0.39, 0.29) is 18.9 Å². The van der Waals surface area contributed by atoms with Crippen LogP contribution in [-0.4, -0.2) is 38.4 Å². The number of carbonyl (C=O) groups excluding carboxylic acids is 2. The highest BCUT2D eigenvalue weighted by Gasteiger charge is 2.13. The van der Waals surface area contributed by atoms with Gasteiger partial charge in [-0.3, -0.25) is 9.59 Å². The van der Waals surface area contributed by atoms with Gasteiger partial charge in [0.05, 0.1) is 30.8 Å². The summed E-state index contributed by atoms with van der Waals surface area (Å²) in [6.45, 7) is 1.36. The molecule has 0 saturated heterocycles. The van der Waals surface area contributed by atoms with Crippen LogP contribution in [0.3, 0.4) is 0 Å². The molecule has 2 N–H and O–H groups in total. The van der Waals surface area contributed by atoms with Crippen LogP contribution in [0.15, 0.2) is 50.4 Å². The number of anilines is 1. The highest BCUT2D eigenvalue weighted by atomic mass is 79.9. The van der Waals surface area contributed by atoms with Gasteiger partial charge in [0.2, 0.25) is 5.91 Å². The zero-order valence-electron chi connectivity index (χ0n) is 16.6. The number of rotatable bonds is 9. The third-order valence-corrected chi connectivity index (χ3v) is 4.76. The number of hydrazone groups is 1. The Morgan fingerprint density at radius 1 is 1.03 bits per heavy atom. The van der Waals surface area contributed by atoms with Gasteiger partial charge in [-0.2, -0.15) is 5.10 Å². The summed E-state index contributed by atoms with van der Waals surface area (Å²) in [5.74, 6) is 0.663. The summed E-state index contributed by atoms with van der Waals surface area (Å²) in [7, 11) is 3.03. The molecule has 0 unspecified atom stereocenters. The molecule has 0 bridgehead atoms. The van der Waals surface area contributed by atoms with E-state index in [2.05, 4.69) is 47.7 Å². The lowest BCUT2D eigenvalue weighted by atomic mass is 10.2. The molecule has 0 aliphatic rings. The summed E-state index contributed by atoms with van der Waals surface area (Å²) < 4.78 is 17.4. The monoisotopic (exact) mass is 541 g/mol. The maximum absolute atomic E-state index is 12.2. The average Bonchev–Trinajstić information content (AvgIpc) is 2.71. The second kappa shape index (κ2) is 11.6. The molecule has 160 valence electrons. The number of nitrogens with zero attached hydrogens (tertiary/aromatic N) is 1. The fourth-order valence-electron chi connectivity index (χ4n) is 2.37. The van der Waals surface area contributed by atoms with Gasteiger partial charge >= 0.3 is 0 Å². The second-order valence-corrected chi connectivity index (χ2v) is 7.78. The zero-order valence-corrected chi connectivity index (χ0v) is 19.8. The minimum Gasteiger partial charge on any atom is -0.495 e. The predicted octanol–water partition coefficient (Wildman–Crippen LogP) is 4.13. The average molecular weight is 543 g/mol. The van der Waals surface area contributed by atoms with Crippen LogP contribution >= 0.6 is 31.9 Å². The Labute approximate surface area is 191 Å². The molecule has 0 atom stereocenters. The van der Waals surface area contributed by atoms with Crippen LogP contribution < -0.4 is 25.0 Å². The van der Waals surface area contributed by atoms with Crippen molar-refractivity contribution < 1.29 is 23.8 Å². The molecule has 0 aliphatic heterocycles. The van der Waals surface area contributed by atoms with Crippen LogP contribution in [0.4, 0.5) is 5.69 Å². The van der Waals surface area contributed by atoms with Crippen LogP contribution in [0.25, 0.3) is 0 Å². The largest absolute Gasteiger partial charge is 0.495 e. The van der Waals surface area contributed by atoms with E-state index in [0.717, 1.165) is 4.47 Å². The molecule has 0 aliphatic carbocycles. The number of methoxy groups -OCH3 is 2. The van der Waals surface area contributed by atoms with E-state index in [1.54, 1.807) is 43.3 Å². The first-order valence-corrected chi connectivity index (χ1v) is 10.3. The number of halogens is 2. The molecule has 30 heavy (non-hydrogen) atoms. The smallest absolute Gasteiger partial charge is 0.277 e. The van der Waals surface area contributed by atoms with Crippen molar-refractivity contribution in [3.8, 4) is 17.2 Å². The Balaban J connectivity index is 1.87. The van der Waals surface area contributed by atoms with E-state index in [1.807, 2.05) is 0 Å². The Bertz CT molecular complexity index is 950. The molecule has 2 rings (SSSR count). The molecule has 0 fully saturated rings. The van der Waals surface area contributed by atoms with Gasteiger partial charge in [-0.15, -0.1) is 0 Å². The Morgan fingerprint density at radius 3 is 2.43 bits per heavy atom. The molecule has 0 heterocycles. The fraction of sp³-hybridized carbons (Fsp3) is 0.250. The quantitative estimate of drug-likeness (QED) is 0.367. The molecular weight excluding hydrogens is 522 g/mol. The van der Waals surface area contributed by atoms with Gasteiger partial charge in [-0.25, -0.2) is 5.43 Å². The molecule has 0 saturated carbocycles. The van der Waals surface area contributed by atoms with E-state index < -0.39 is 5.91 Å². The lowest BCUT2D eigenvalue weighted by molar-refractivity contribution is -0.123. The number of amides is 2. The third kappa shape index (κ3) is 7.03. The summed E-state index contributed by atoms with van der Waals surface area (Å²) in [4.78, 5) is 24.2. The van der Waals surface area contributed by atoms with E-state index in [1.165, 1.54) is 14.2 Å². The normalized spacial score (nSPS) is 10.9. The third-order valence-electron chi connectivity index (χ3n) is 3.71. The number of nitrogens with one attached hydrogen (secondary N) is 2. The molecule has 10 heteroatoms. The van der Waals surface area contributed by atoms with Crippen molar-refractivity contribution >= 4 is 55.1 Å². The van der Waals surface area contributed by atoms with E-state index in [9.17, 15) is 9.59 Å². The minimum atomic E-state index is -0.476. The van der Waals surface area contributed by atoms with Crippen LogP contribution in [-0.2, 0) is 9.59 Å². The van der Waals surface area contributed by atoms with Crippen LogP contribution in [0.2, 0.25) is 0 Å². The predicted molar refractivity (Wildman–Crippen MR) is 121 cm³/mol. The van der Waals surface area contributed by atoms with Crippen molar-refractivity contribution in [1.82, 2.24) is 5.43 Å². The van der Waals surface area contributed by atoms with E-state index in [0.29, 0.717) is 33.1 Å². The number of para-hydroxylation sites is 2. The van der Waals surface area contributed by atoms with Crippen LogP contribution in [0.1, 0.15) is 13.3 Å². The Hall–Kier alpha value is -2.59. The van der Waals surface area contributed by atoms with E-state index in [4.69, 9.17) is 14.2 Å². The Morgan fingerprint density at radius 2 is 1.73 bits per heavy atom. The molecular formula is C20H21Br2N3O5. The molecule has 0 radical (unpaired) electrons. The lowest BCUT2D eigenvalue weighted by Crippen LogP contribution is -2.26. The van der Waals surface area contributed by atoms with Crippen LogP contribution in [0, 0.1) is 0 Å². The maximum atomic E-state index is 12.2. The first kappa shape index (κ1) is 23.7. The molecule has 0 spiro atoms. The van der Waals surface area contributed by atoms with Gasteiger partial charge in [0, 0.05) is 10.2 Å². The fourth-order valence-corrected chi connectivity index (χ4v) is 3.67. The van der Waals surface area contributed by atoms with E-state index >= 15 is 0 Å². The van der Waals surface area contributed by atoms with Crippen molar-refractivity contribution in [3.05, 3.63) is 45.3 Å². The van der Waals surface area contributed by atoms with Gasteiger partial charge in [-0.05, 0) is 47.1 Å². The zero-order chi connectivity index (χ0) is 22.1. The number of ether oxygens (including phenoxy) is 3. The van der Waals surface area contributed by atoms with Gasteiger partial charge < -0.3 is 19.5 Å². The molecule has 0 aromatic heterocycles. The van der Waals surface area contributed by atoms with Gasteiger partial charge in [-0.1, -0.05) is 28.1 Å². The summed E-state index contributed by atoms with van der Waals surface area (Å²) in [6.07, 6.45) is 0.00523. The van der Waals surface area contributed by atoms with Gasteiger partial charge in [0.15, 0.2) is 18.1 Å². The first-order chi connectivity index (χ1) is 14.3. The SMILES string of the molecule is COc1ccccc1NC(=O)C/C(C)=N\NC(=O)COc1c(Br)cc(Br)cc1OC.